The highest BCUT2D eigenvalue weighted by atomic mass is 79.9. The Balaban J connectivity index is 3.31. The Morgan fingerprint density at radius 3 is 2.80 bits per heavy atom. The summed E-state index contributed by atoms with van der Waals surface area (Å²) in [5, 5.41) is 8.91. The number of pyridine rings is 1. The summed E-state index contributed by atoms with van der Waals surface area (Å²) in [6, 6.07) is 1.33. The molecule has 0 aliphatic rings. The summed E-state index contributed by atoms with van der Waals surface area (Å²) >= 11 is 2.85. The van der Waals surface area contributed by atoms with Crippen LogP contribution in [0.25, 0.3) is 0 Å². The van der Waals surface area contributed by atoms with Gasteiger partial charge in [-0.25, -0.2) is 0 Å². The van der Waals surface area contributed by atoms with Crippen molar-refractivity contribution in [2.75, 3.05) is 0 Å². The first-order valence-corrected chi connectivity index (χ1v) is 3.47. The fraction of sp³-hybridized carbons (Fsp3) is 0.167. The molecule has 1 aromatic heterocycles. The molecule has 0 radical (unpaired) electrons. The first-order valence-electron chi connectivity index (χ1n) is 2.68. The zero-order valence-electron chi connectivity index (χ0n) is 5.31. The molecule has 0 spiro atoms. The van der Waals surface area contributed by atoms with Gasteiger partial charge in [0.25, 0.3) is 0 Å². The van der Waals surface area contributed by atoms with Crippen molar-refractivity contribution in [2.45, 2.75) is 6.92 Å². The Labute approximate surface area is 66.0 Å². The van der Waals surface area contributed by atoms with Crippen LogP contribution in [0.3, 0.4) is 0 Å². The van der Waals surface area contributed by atoms with Gasteiger partial charge in [-0.3, -0.25) is 5.21 Å². The molecule has 0 fully saturated rings. The zero-order chi connectivity index (χ0) is 7.72. The third-order valence-corrected chi connectivity index (χ3v) is 1.82. The molecule has 0 unspecified atom stereocenters. The largest absolute Gasteiger partial charge is 0.333 e. The van der Waals surface area contributed by atoms with Gasteiger partial charge in [0, 0.05) is 26.2 Å². The predicted molar refractivity (Wildman–Crippen MR) is 36.2 cm³/mol. The zero-order valence-corrected chi connectivity index (χ0v) is 6.89. The Bertz CT molecular complexity index is 241. The van der Waals surface area contributed by atoms with Crippen LogP contribution in [0.1, 0.15) is 5.56 Å². The SMILES string of the molecule is Cc1cc(F)c(Br)[n+](O)c1. The quantitative estimate of drug-likeness (QED) is 0.388. The normalized spacial score (nSPS) is 9.90. The highest BCUT2D eigenvalue weighted by Gasteiger charge is 2.13. The lowest BCUT2D eigenvalue weighted by Crippen LogP contribution is -2.32. The molecule has 10 heavy (non-hydrogen) atoms. The fourth-order valence-electron chi connectivity index (χ4n) is 0.656. The maximum Gasteiger partial charge on any atom is 0.333 e. The second-order valence-corrected chi connectivity index (χ2v) is 2.75. The molecule has 0 saturated heterocycles. The minimum atomic E-state index is -0.470. The van der Waals surface area contributed by atoms with E-state index in [0.29, 0.717) is 10.3 Å². The van der Waals surface area contributed by atoms with Crippen molar-refractivity contribution in [3.05, 3.63) is 28.2 Å². The number of rotatable bonds is 0. The Morgan fingerprint density at radius 1 is 1.70 bits per heavy atom. The van der Waals surface area contributed by atoms with E-state index in [1.165, 1.54) is 12.3 Å². The molecule has 1 aromatic rings. The molecule has 0 aliphatic carbocycles. The van der Waals surface area contributed by atoms with Crippen molar-refractivity contribution in [3.63, 3.8) is 0 Å². The average Bonchev–Trinajstić information content (AvgIpc) is 1.82. The molecule has 54 valence electrons. The van der Waals surface area contributed by atoms with Crippen LogP contribution in [0.15, 0.2) is 16.9 Å². The molecular formula is C6H6BrFNO+. The number of hydrogen-bond donors (Lipinski definition) is 1. The van der Waals surface area contributed by atoms with E-state index >= 15 is 0 Å². The van der Waals surface area contributed by atoms with Crippen LogP contribution in [0.2, 0.25) is 0 Å². The Morgan fingerprint density at radius 2 is 2.30 bits per heavy atom. The van der Waals surface area contributed by atoms with Gasteiger partial charge in [-0.15, -0.1) is 0 Å². The second-order valence-electron chi connectivity index (χ2n) is 2.00. The summed E-state index contributed by atoms with van der Waals surface area (Å²) in [6.07, 6.45) is 1.41. The summed E-state index contributed by atoms with van der Waals surface area (Å²) in [7, 11) is 0. The van der Waals surface area contributed by atoms with E-state index in [2.05, 4.69) is 15.9 Å². The van der Waals surface area contributed by atoms with Crippen LogP contribution in [0, 0.1) is 12.7 Å². The van der Waals surface area contributed by atoms with Crippen LogP contribution in [-0.2, 0) is 0 Å². The first kappa shape index (κ1) is 7.47. The Hall–Kier alpha value is -0.640. The summed E-state index contributed by atoms with van der Waals surface area (Å²) in [5.74, 6) is -0.470. The van der Waals surface area contributed by atoms with Crippen molar-refractivity contribution < 1.29 is 14.3 Å². The molecule has 1 rings (SSSR count). The summed E-state index contributed by atoms with van der Waals surface area (Å²) < 4.78 is 13.4. The van der Waals surface area contributed by atoms with E-state index in [1.54, 1.807) is 6.92 Å². The topological polar surface area (TPSA) is 24.1 Å². The van der Waals surface area contributed by atoms with Crippen LogP contribution in [0.4, 0.5) is 4.39 Å². The third-order valence-electron chi connectivity index (χ3n) is 1.08. The van der Waals surface area contributed by atoms with Gasteiger partial charge in [-0.2, -0.15) is 4.39 Å². The van der Waals surface area contributed by atoms with Gasteiger partial charge in [0.05, 0.1) is 0 Å². The van der Waals surface area contributed by atoms with Gasteiger partial charge in [0.2, 0.25) is 12.0 Å². The van der Waals surface area contributed by atoms with Crippen LogP contribution in [0.5, 0.6) is 0 Å². The lowest BCUT2D eigenvalue weighted by molar-refractivity contribution is -0.914. The van der Waals surface area contributed by atoms with Gasteiger partial charge >= 0.3 is 4.60 Å². The highest BCUT2D eigenvalue weighted by molar-refractivity contribution is 9.10. The molecule has 2 nitrogen and oxygen atoms in total. The van der Waals surface area contributed by atoms with Crippen molar-refractivity contribution in [1.29, 1.82) is 0 Å². The van der Waals surface area contributed by atoms with Crippen molar-refractivity contribution in [2.24, 2.45) is 0 Å². The predicted octanol–water partition coefficient (Wildman–Crippen LogP) is 1.42. The molecule has 1 N–H and O–H groups in total. The van der Waals surface area contributed by atoms with Crippen molar-refractivity contribution in [3.8, 4) is 0 Å². The van der Waals surface area contributed by atoms with E-state index in [1.807, 2.05) is 0 Å². The van der Waals surface area contributed by atoms with Gasteiger partial charge in [-0.1, -0.05) is 0 Å². The van der Waals surface area contributed by atoms with E-state index in [0.717, 1.165) is 0 Å². The van der Waals surface area contributed by atoms with Gasteiger partial charge in [0.15, 0.2) is 0 Å². The molecular weight excluding hydrogens is 201 g/mol. The van der Waals surface area contributed by atoms with Gasteiger partial charge in [-0.05, 0) is 13.0 Å². The number of halogens is 2. The minimum absolute atomic E-state index is 0.0399. The average molecular weight is 207 g/mol. The molecule has 0 saturated carbocycles. The highest BCUT2D eigenvalue weighted by Crippen LogP contribution is 2.09. The lowest BCUT2D eigenvalue weighted by Gasteiger charge is -1.90. The fourth-order valence-corrected chi connectivity index (χ4v) is 0.873. The van der Waals surface area contributed by atoms with Crippen LogP contribution < -0.4 is 4.73 Å². The van der Waals surface area contributed by atoms with E-state index in [4.69, 9.17) is 5.21 Å². The number of nitrogens with zero attached hydrogens (tertiary/aromatic N) is 1. The Kier molecular flexibility index (Phi) is 1.89. The van der Waals surface area contributed by atoms with Crippen LogP contribution in [-0.4, -0.2) is 5.21 Å². The number of aromatic nitrogens is 1. The molecule has 0 bridgehead atoms. The van der Waals surface area contributed by atoms with Gasteiger partial charge < -0.3 is 0 Å². The van der Waals surface area contributed by atoms with E-state index in [9.17, 15) is 4.39 Å². The lowest BCUT2D eigenvalue weighted by atomic mass is 10.3. The smallest absolute Gasteiger partial charge is 0.284 e. The van der Waals surface area contributed by atoms with Gasteiger partial charge in [0.1, 0.15) is 0 Å². The summed E-state index contributed by atoms with van der Waals surface area (Å²) in [4.78, 5) is 0. The summed E-state index contributed by atoms with van der Waals surface area (Å²) in [6.45, 7) is 1.70. The number of aryl methyl sites for hydroxylation is 1. The van der Waals surface area contributed by atoms with E-state index in [-0.39, 0.29) is 4.60 Å². The van der Waals surface area contributed by atoms with Crippen molar-refractivity contribution >= 4 is 15.9 Å². The number of hydrogen-bond acceptors (Lipinski definition) is 1. The van der Waals surface area contributed by atoms with Crippen molar-refractivity contribution in [1.82, 2.24) is 0 Å². The molecule has 1 heterocycles. The second kappa shape index (κ2) is 2.54. The summed E-state index contributed by atoms with van der Waals surface area (Å²) in [5.41, 5.74) is 0.670. The monoisotopic (exact) mass is 206 g/mol. The maximum absolute atomic E-state index is 12.6. The standard InChI is InChI=1S/C6H6BrFNO/c1-4-2-5(8)6(7)9(10)3-4/h2-3,10H,1H3/q+1. The molecule has 0 aliphatic heterocycles. The molecule has 4 heteroatoms. The minimum Gasteiger partial charge on any atom is -0.284 e. The maximum atomic E-state index is 12.6. The third kappa shape index (κ3) is 1.26. The first-order chi connectivity index (χ1) is 4.61. The molecule has 0 amide bonds. The molecule has 0 aromatic carbocycles. The van der Waals surface area contributed by atoms with Crippen LogP contribution >= 0.6 is 15.9 Å². The molecule has 0 atom stereocenters. The van der Waals surface area contributed by atoms with E-state index < -0.39 is 5.82 Å².